The van der Waals surface area contributed by atoms with E-state index in [1.807, 2.05) is 12.1 Å². The summed E-state index contributed by atoms with van der Waals surface area (Å²) in [6.45, 7) is 9.49. The van der Waals surface area contributed by atoms with Crippen molar-refractivity contribution in [3.05, 3.63) is 62.7 Å². The van der Waals surface area contributed by atoms with Gasteiger partial charge in [-0.15, -0.1) is 0 Å². The van der Waals surface area contributed by atoms with Gasteiger partial charge in [0.15, 0.2) is 0 Å². The Bertz CT molecular complexity index is 1030. The van der Waals surface area contributed by atoms with E-state index in [4.69, 9.17) is 16.3 Å². The molecule has 2 aromatic carbocycles. The smallest absolute Gasteiger partial charge is 0.290 e. The number of likely N-dealkylation sites (N-methyl/N-ethyl adjacent to an activating group) is 1. The van der Waals surface area contributed by atoms with Crippen LogP contribution in [0.3, 0.4) is 0 Å². The SMILES string of the molecule is CCN1c2cc(OC)c(C=Nc3ccc(Cl)c([N+](=O)[O-])c3)cc2C(C)=CC1(C)C. The van der Waals surface area contributed by atoms with Crippen LogP contribution in [0.25, 0.3) is 5.57 Å². The Kier molecular flexibility index (Phi) is 5.66. The highest BCUT2D eigenvalue weighted by atomic mass is 35.5. The Morgan fingerprint density at radius 2 is 2.03 bits per heavy atom. The van der Waals surface area contributed by atoms with Gasteiger partial charge in [0, 0.05) is 41.7 Å². The molecule has 0 aromatic heterocycles. The molecule has 0 amide bonds. The highest BCUT2D eigenvalue weighted by Crippen LogP contribution is 2.41. The van der Waals surface area contributed by atoms with E-state index in [1.165, 1.54) is 17.7 Å². The molecular formula is C22H24ClN3O3. The third kappa shape index (κ3) is 3.98. The Balaban J connectivity index is 2.06. The predicted molar refractivity (Wildman–Crippen MR) is 119 cm³/mol. The second kappa shape index (κ2) is 7.87. The maximum absolute atomic E-state index is 11.1. The molecule has 1 aliphatic rings. The Hall–Kier alpha value is -2.86. The van der Waals surface area contributed by atoms with Crippen LogP contribution in [-0.4, -0.2) is 30.3 Å². The summed E-state index contributed by atoms with van der Waals surface area (Å²) in [5.41, 5.74) is 4.42. The zero-order valence-corrected chi connectivity index (χ0v) is 17.9. The molecule has 0 unspecified atom stereocenters. The maximum atomic E-state index is 11.1. The number of hydrogen-bond acceptors (Lipinski definition) is 5. The van der Waals surface area contributed by atoms with Crippen molar-refractivity contribution in [1.82, 2.24) is 0 Å². The van der Waals surface area contributed by atoms with Crippen molar-refractivity contribution < 1.29 is 9.66 Å². The molecule has 152 valence electrons. The van der Waals surface area contributed by atoms with Gasteiger partial charge in [0.05, 0.1) is 23.3 Å². The minimum atomic E-state index is -0.518. The van der Waals surface area contributed by atoms with Crippen molar-refractivity contribution in [2.75, 3.05) is 18.6 Å². The van der Waals surface area contributed by atoms with Gasteiger partial charge >= 0.3 is 0 Å². The predicted octanol–water partition coefficient (Wildman–Crippen LogP) is 6.03. The lowest BCUT2D eigenvalue weighted by Crippen LogP contribution is -2.44. The fourth-order valence-electron chi connectivity index (χ4n) is 3.84. The molecule has 0 N–H and O–H groups in total. The number of methoxy groups -OCH3 is 1. The molecule has 0 saturated heterocycles. The van der Waals surface area contributed by atoms with Gasteiger partial charge in [-0.05, 0) is 51.5 Å². The van der Waals surface area contributed by atoms with Gasteiger partial charge in [0.2, 0.25) is 0 Å². The standard InChI is InChI=1S/C22H24ClN3O3/c1-6-25-19-11-21(29-5)15(9-17(19)14(2)12-22(25,3)4)13-24-16-7-8-18(23)20(10-16)26(27)28/h7-13H,6H2,1-5H3. The van der Waals surface area contributed by atoms with Crippen LogP contribution in [0.2, 0.25) is 5.02 Å². The summed E-state index contributed by atoms with van der Waals surface area (Å²) < 4.78 is 5.61. The minimum Gasteiger partial charge on any atom is -0.496 e. The van der Waals surface area contributed by atoms with Crippen LogP contribution >= 0.6 is 11.6 Å². The van der Waals surface area contributed by atoms with Crippen molar-refractivity contribution in [3.63, 3.8) is 0 Å². The molecule has 0 bridgehead atoms. The Labute approximate surface area is 175 Å². The van der Waals surface area contributed by atoms with Crippen LogP contribution < -0.4 is 9.64 Å². The topological polar surface area (TPSA) is 68.0 Å². The molecule has 1 aliphatic heterocycles. The number of nitro groups is 1. The number of nitro benzene ring substituents is 1. The van der Waals surface area contributed by atoms with Crippen molar-refractivity contribution in [2.45, 2.75) is 33.2 Å². The molecule has 6 nitrogen and oxygen atoms in total. The molecule has 3 rings (SSSR count). The zero-order chi connectivity index (χ0) is 21.3. The normalized spacial score (nSPS) is 15.2. The van der Waals surface area contributed by atoms with E-state index in [2.05, 4.69) is 43.7 Å². The number of hydrogen-bond donors (Lipinski definition) is 0. The largest absolute Gasteiger partial charge is 0.496 e. The minimum absolute atomic E-state index is 0.0864. The molecule has 0 spiro atoms. The first kappa shape index (κ1) is 20.9. The molecule has 0 radical (unpaired) electrons. The lowest BCUT2D eigenvalue weighted by atomic mass is 9.88. The summed E-state index contributed by atoms with van der Waals surface area (Å²) in [7, 11) is 1.62. The number of halogens is 1. The average Bonchev–Trinajstić information content (AvgIpc) is 2.66. The summed E-state index contributed by atoms with van der Waals surface area (Å²) in [5, 5.41) is 11.2. The van der Waals surface area contributed by atoms with Gasteiger partial charge in [-0.25, -0.2) is 0 Å². The summed E-state index contributed by atoms with van der Waals surface area (Å²) >= 11 is 5.88. The second-order valence-corrected chi connectivity index (χ2v) is 7.89. The molecule has 7 heteroatoms. The number of aliphatic imine (C=N–C) groups is 1. The summed E-state index contributed by atoms with van der Waals surface area (Å²) in [6.07, 6.45) is 3.92. The first-order valence-electron chi connectivity index (χ1n) is 9.35. The number of allylic oxidation sites excluding steroid dienone is 1. The van der Waals surface area contributed by atoms with E-state index >= 15 is 0 Å². The number of ether oxygens (including phenoxy) is 1. The fraction of sp³-hybridized carbons (Fsp3) is 0.318. The van der Waals surface area contributed by atoms with E-state index in [0.717, 1.165) is 23.4 Å². The van der Waals surface area contributed by atoms with Crippen LogP contribution in [0, 0.1) is 10.1 Å². The first-order valence-corrected chi connectivity index (χ1v) is 9.73. The third-order valence-corrected chi connectivity index (χ3v) is 5.44. The fourth-order valence-corrected chi connectivity index (χ4v) is 4.03. The van der Waals surface area contributed by atoms with Crippen LogP contribution in [0.5, 0.6) is 5.75 Å². The average molecular weight is 414 g/mol. The van der Waals surface area contributed by atoms with E-state index < -0.39 is 4.92 Å². The van der Waals surface area contributed by atoms with Crippen molar-refractivity contribution in [3.8, 4) is 5.75 Å². The molecule has 0 aliphatic carbocycles. The number of fused-ring (bicyclic) bond motifs is 1. The maximum Gasteiger partial charge on any atom is 0.290 e. The van der Waals surface area contributed by atoms with Crippen molar-refractivity contribution >= 4 is 40.5 Å². The van der Waals surface area contributed by atoms with Crippen LogP contribution in [0.1, 0.15) is 38.8 Å². The van der Waals surface area contributed by atoms with E-state index in [-0.39, 0.29) is 16.2 Å². The second-order valence-electron chi connectivity index (χ2n) is 7.49. The highest BCUT2D eigenvalue weighted by Gasteiger charge is 2.31. The molecule has 0 atom stereocenters. The monoisotopic (exact) mass is 413 g/mol. The van der Waals surface area contributed by atoms with Crippen LogP contribution in [-0.2, 0) is 0 Å². The van der Waals surface area contributed by atoms with Gasteiger partial charge in [0.25, 0.3) is 5.69 Å². The third-order valence-electron chi connectivity index (χ3n) is 5.12. The number of anilines is 1. The van der Waals surface area contributed by atoms with Gasteiger partial charge in [0.1, 0.15) is 10.8 Å². The lowest BCUT2D eigenvalue weighted by Gasteiger charge is -2.43. The highest BCUT2D eigenvalue weighted by molar-refractivity contribution is 6.32. The molecule has 2 aromatic rings. The van der Waals surface area contributed by atoms with Gasteiger partial charge in [-0.1, -0.05) is 17.7 Å². The quantitative estimate of drug-likeness (QED) is 0.341. The summed E-state index contributed by atoms with van der Waals surface area (Å²) in [5.74, 6) is 0.694. The Morgan fingerprint density at radius 1 is 1.31 bits per heavy atom. The van der Waals surface area contributed by atoms with E-state index in [0.29, 0.717) is 11.4 Å². The number of rotatable bonds is 5. The zero-order valence-electron chi connectivity index (χ0n) is 17.2. The van der Waals surface area contributed by atoms with E-state index in [1.54, 1.807) is 19.4 Å². The molecule has 0 fully saturated rings. The molecule has 1 heterocycles. The molecule has 29 heavy (non-hydrogen) atoms. The lowest BCUT2D eigenvalue weighted by molar-refractivity contribution is -0.384. The van der Waals surface area contributed by atoms with Crippen LogP contribution in [0.4, 0.5) is 17.1 Å². The number of nitrogens with zero attached hydrogens (tertiary/aromatic N) is 3. The Morgan fingerprint density at radius 3 is 2.66 bits per heavy atom. The van der Waals surface area contributed by atoms with E-state index in [9.17, 15) is 10.1 Å². The van der Waals surface area contributed by atoms with Gasteiger partial charge in [-0.2, -0.15) is 0 Å². The molecular weight excluding hydrogens is 390 g/mol. The van der Waals surface area contributed by atoms with Gasteiger partial charge < -0.3 is 9.64 Å². The summed E-state index contributed by atoms with van der Waals surface area (Å²) in [4.78, 5) is 17.3. The number of benzene rings is 2. The van der Waals surface area contributed by atoms with Crippen LogP contribution in [0.15, 0.2) is 41.4 Å². The van der Waals surface area contributed by atoms with Crippen molar-refractivity contribution in [1.29, 1.82) is 0 Å². The first-order chi connectivity index (χ1) is 13.7. The molecule has 0 saturated carbocycles. The van der Waals surface area contributed by atoms with Gasteiger partial charge in [-0.3, -0.25) is 15.1 Å². The van der Waals surface area contributed by atoms with Crippen molar-refractivity contribution in [2.24, 2.45) is 4.99 Å². The summed E-state index contributed by atoms with van der Waals surface area (Å²) in [6, 6.07) is 8.55.